The van der Waals surface area contributed by atoms with Gasteiger partial charge >= 0.3 is 12.2 Å². The molecule has 0 fully saturated rings. The summed E-state index contributed by atoms with van der Waals surface area (Å²) in [5.41, 5.74) is -0.580. The minimum atomic E-state index is -4.87. The van der Waals surface area contributed by atoms with E-state index in [0.29, 0.717) is 29.4 Å². The van der Waals surface area contributed by atoms with Crippen molar-refractivity contribution in [2.24, 2.45) is 0 Å². The molecule has 34 heavy (non-hydrogen) atoms. The Morgan fingerprint density at radius 2 is 1.53 bits per heavy atom. The highest BCUT2D eigenvalue weighted by Crippen LogP contribution is 2.33. The van der Waals surface area contributed by atoms with Crippen LogP contribution in [0, 0.1) is 5.82 Å². The summed E-state index contributed by atoms with van der Waals surface area (Å²) in [5, 5.41) is 5.61. The van der Waals surface area contributed by atoms with E-state index in [1.54, 1.807) is 43.5 Å². The summed E-state index contributed by atoms with van der Waals surface area (Å²) in [6, 6.07) is 16.7. The third-order valence-corrected chi connectivity index (χ3v) is 4.74. The molecule has 3 aromatic carbocycles. The fourth-order valence-corrected chi connectivity index (χ4v) is 3.11. The van der Waals surface area contributed by atoms with Gasteiger partial charge in [-0.05, 0) is 66.7 Å². The van der Waals surface area contributed by atoms with Crippen molar-refractivity contribution in [1.29, 1.82) is 0 Å². The van der Waals surface area contributed by atoms with Gasteiger partial charge in [0, 0.05) is 22.8 Å². The van der Waals surface area contributed by atoms with Crippen LogP contribution in [0.25, 0.3) is 10.9 Å². The van der Waals surface area contributed by atoms with Gasteiger partial charge in [-0.1, -0.05) is 0 Å². The van der Waals surface area contributed by atoms with Crippen molar-refractivity contribution in [3.63, 3.8) is 0 Å². The summed E-state index contributed by atoms with van der Waals surface area (Å²) in [6.45, 7) is 0. The summed E-state index contributed by atoms with van der Waals surface area (Å²) in [7, 11) is 1.58. The molecule has 0 radical (unpaired) electrons. The number of fused-ring (bicyclic) bond motifs is 1. The van der Waals surface area contributed by atoms with Crippen LogP contribution in [-0.4, -0.2) is 18.1 Å². The maximum absolute atomic E-state index is 13.4. The van der Waals surface area contributed by atoms with Gasteiger partial charge in [0.25, 0.3) is 0 Å². The molecule has 6 nitrogen and oxygen atoms in total. The number of rotatable bonds is 5. The first-order valence-corrected chi connectivity index (χ1v) is 9.89. The highest BCUT2D eigenvalue weighted by Gasteiger charge is 2.34. The van der Waals surface area contributed by atoms with Gasteiger partial charge in [0.05, 0.1) is 18.2 Å². The van der Waals surface area contributed by atoms with E-state index in [9.17, 15) is 22.4 Å². The number of carbonyl (C=O) groups excluding carboxylic acids is 1. The van der Waals surface area contributed by atoms with Crippen molar-refractivity contribution in [3.8, 4) is 17.4 Å². The molecule has 0 aliphatic heterocycles. The number of nitrogens with one attached hydrogen (secondary N) is 2. The zero-order chi connectivity index (χ0) is 24.3. The highest BCUT2D eigenvalue weighted by molar-refractivity contribution is 5.99. The molecule has 4 aromatic rings. The zero-order valence-corrected chi connectivity index (χ0v) is 17.6. The smallest absolute Gasteiger partial charge is 0.419 e. The summed E-state index contributed by atoms with van der Waals surface area (Å²) >= 11 is 0. The molecule has 4 rings (SSSR count). The van der Waals surface area contributed by atoms with E-state index in [1.807, 2.05) is 18.2 Å². The lowest BCUT2D eigenvalue weighted by molar-refractivity contribution is -0.139. The quantitative estimate of drug-likeness (QED) is 0.313. The molecule has 0 spiro atoms. The molecule has 0 saturated heterocycles. The SMILES string of the molecule is COc1ccc2nc(Oc3ccc(NC(=O)Nc4ccc(F)c(C(F)(F)F)c4)cc3)ccc2c1. The van der Waals surface area contributed by atoms with Crippen LogP contribution in [0.15, 0.2) is 72.8 Å². The van der Waals surface area contributed by atoms with E-state index < -0.39 is 23.6 Å². The Hall–Kier alpha value is -4.34. The van der Waals surface area contributed by atoms with E-state index in [4.69, 9.17) is 9.47 Å². The topological polar surface area (TPSA) is 72.5 Å². The molecule has 0 aliphatic carbocycles. The number of carbonyl (C=O) groups is 1. The lowest BCUT2D eigenvalue weighted by Gasteiger charge is -2.12. The number of urea groups is 1. The first kappa shape index (κ1) is 22.8. The fraction of sp³-hybridized carbons (Fsp3) is 0.0833. The van der Waals surface area contributed by atoms with Gasteiger partial charge in [-0.15, -0.1) is 0 Å². The Balaban J connectivity index is 1.39. The summed E-state index contributed by atoms with van der Waals surface area (Å²) in [5.74, 6) is 0.123. The van der Waals surface area contributed by atoms with E-state index in [-0.39, 0.29) is 5.69 Å². The number of amides is 2. The molecule has 0 saturated carbocycles. The van der Waals surface area contributed by atoms with Gasteiger partial charge in [-0.3, -0.25) is 0 Å². The maximum Gasteiger partial charge on any atom is 0.419 e. The number of alkyl halides is 3. The predicted octanol–water partition coefficient (Wildman–Crippen LogP) is 6.84. The Morgan fingerprint density at radius 3 is 2.24 bits per heavy atom. The molecule has 10 heteroatoms. The second-order valence-electron chi connectivity index (χ2n) is 7.11. The number of nitrogens with zero attached hydrogens (tertiary/aromatic N) is 1. The number of pyridine rings is 1. The molecule has 1 aromatic heterocycles. The average Bonchev–Trinajstić information content (AvgIpc) is 2.80. The van der Waals surface area contributed by atoms with Gasteiger partial charge in [-0.25, -0.2) is 14.2 Å². The second kappa shape index (κ2) is 9.26. The lowest BCUT2D eigenvalue weighted by atomic mass is 10.2. The number of aromatic nitrogens is 1. The Morgan fingerprint density at radius 1 is 0.853 bits per heavy atom. The van der Waals surface area contributed by atoms with Crippen molar-refractivity contribution in [2.45, 2.75) is 6.18 Å². The number of hydrogen-bond donors (Lipinski definition) is 2. The van der Waals surface area contributed by atoms with Gasteiger partial charge in [0.15, 0.2) is 0 Å². The lowest BCUT2D eigenvalue weighted by Crippen LogP contribution is -2.20. The second-order valence-corrected chi connectivity index (χ2v) is 7.11. The molecule has 0 atom stereocenters. The van der Waals surface area contributed by atoms with E-state index in [2.05, 4.69) is 15.6 Å². The zero-order valence-electron chi connectivity index (χ0n) is 17.6. The Labute approximate surface area is 191 Å². The van der Waals surface area contributed by atoms with Crippen LogP contribution in [0.2, 0.25) is 0 Å². The molecular weight excluding hydrogens is 454 g/mol. The predicted molar refractivity (Wildman–Crippen MR) is 119 cm³/mol. The van der Waals surface area contributed by atoms with Crippen LogP contribution in [-0.2, 0) is 6.18 Å². The number of hydrogen-bond acceptors (Lipinski definition) is 4. The largest absolute Gasteiger partial charge is 0.497 e. The summed E-state index contributed by atoms with van der Waals surface area (Å²) < 4.78 is 62.8. The number of anilines is 2. The van der Waals surface area contributed by atoms with Crippen LogP contribution in [0.3, 0.4) is 0 Å². The van der Waals surface area contributed by atoms with E-state index >= 15 is 0 Å². The van der Waals surface area contributed by atoms with Crippen LogP contribution in [0.5, 0.6) is 17.4 Å². The molecule has 2 N–H and O–H groups in total. The molecule has 0 bridgehead atoms. The molecule has 174 valence electrons. The van der Waals surface area contributed by atoms with Crippen LogP contribution in [0.1, 0.15) is 5.56 Å². The molecular formula is C24H17F4N3O3. The normalized spacial score (nSPS) is 11.2. The van der Waals surface area contributed by atoms with E-state index in [0.717, 1.165) is 22.7 Å². The maximum atomic E-state index is 13.4. The molecule has 0 unspecified atom stereocenters. The first-order valence-electron chi connectivity index (χ1n) is 9.89. The van der Waals surface area contributed by atoms with Crippen molar-refractivity contribution >= 4 is 28.3 Å². The van der Waals surface area contributed by atoms with Crippen LogP contribution in [0.4, 0.5) is 33.7 Å². The van der Waals surface area contributed by atoms with Gasteiger partial charge in [0.2, 0.25) is 5.88 Å². The third kappa shape index (κ3) is 5.34. The number of benzene rings is 3. The standard InChI is InChI=1S/C24H17F4N3O3/c1-33-18-8-10-21-14(12-18)2-11-22(31-21)34-17-6-3-15(4-7-17)29-23(32)30-16-5-9-20(25)19(13-16)24(26,27)28/h2-13H,1H3,(H2,29,30,32). The summed E-state index contributed by atoms with van der Waals surface area (Å²) in [4.78, 5) is 16.6. The molecule has 0 aliphatic rings. The molecule has 1 heterocycles. The Bertz CT molecular complexity index is 1340. The minimum absolute atomic E-state index is 0.203. The van der Waals surface area contributed by atoms with Crippen LogP contribution >= 0.6 is 0 Å². The van der Waals surface area contributed by atoms with E-state index in [1.165, 1.54) is 0 Å². The number of halogens is 4. The molecule has 2 amide bonds. The van der Waals surface area contributed by atoms with Crippen molar-refractivity contribution in [1.82, 2.24) is 4.98 Å². The van der Waals surface area contributed by atoms with Gasteiger partial charge < -0.3 is 20.1 Å². The Kier molecular flexibility index (Phi) is 6.22. The summed E-state index contributed by atoms with van der Waals surface area (Å²) in [6.07, 6.45) is -4.87. The number of methoxy groups -OCH3 is 1. The average molecular weight is 471 g/mol. The fourth-order valence-electron chi connectivity index (χ4n) is 3.11. The van der Waals surface area contributed by atoms with Crippen molar-refractivity contribution in [3.05, 3.63) is 84.2 Å². The van der Waals surface area contributed by atoms with Crippen molar-refractivity contribution < 1.29 is 31.8 Å². The third-order valence-electron chi connectivity index (χ3n) is 4.74. The number of ether oxygens (including phenoxy) is 2. The van der Waals surface area contributed by atoms with Gasteiger partial charge in [-0.2, -0.15) is 13.2 Å². The van der Waals surface area contributed by atoms with Crippen LogP contribution < -0.4 is 20.1 Å². The van der Waals surface area contributed by atoms with Gasteiger partial charge in [0.1, 0.15) is 17.3 Å². The minimum Gasteiger partial charge on any atom is -0.497 e. The monoisotopic (exact) mass is 471 g/mol. The van der Waals surface area contributed by atoms with Crippen molar-refractivity contribution in [2.75, 3.05) is 17.7 Å². The highest BCUT2D eigenvalue weighted by atomic mass is 19.4. The first-order chi connectivity index (χ1) is 16.2.